The summed E-state index contributed by atoms with van der Waals surface area (Å²) >= 11 is 0. The van der Waals surface area contributed by atoms with Gasteiger partial charge >= 0.3 is 5.97 Å². The quantitative estimate of drug-likeness (QED) is 0.506. The minimum Gasteiger partial charge on any atom is -0.408 e. The third-order valence-corrected chi connectivity index (χ3v) is 1.20. The van der Waals surface area contributed by atoms with Gasteiger partial charge in [0.2, 0.25) is 5.90 Å². The fraction of sp³-hybridized carbons (Fsp3) is 0.429. The number of nitrogens with zero attached hydrogens (tertiary/aromatic N) is 1. The van der Waals surface area contributed by atoms with Crippen LogP contribution in [0, 0.1) is 0 Å². The highest BCUT2D eigenvalue weighted by atomic mass is 16.5. The first-order valence-corrected chi connectivity index (χ1v) is 3.20. The molecule has 54 valence electrons. The normalized spacial score (nSPS) is 18.8. The molecule has 0 N–H and O–H groups in total. The molecule has 0 aromatic heterocycles. The van der Waals surface area contributed by atoms with Crippen molar-refractivity contribution in [1.82, 2.24) is 0 Å². The van der Waals surface area contributed by atoms with Gasteiger partial charge < -0.3 is 4.74 Å². The van der Waals surface area contributed by atoms with Crippen LogP contribution in [-0.2, 0) is 9.53 Å². The van der Waals surface area contributed by atoms with Crippen LogP contribution < -0.4 is 0 Å². The molecule has 1 heterocycles. The van der Waals surface area contributed by atoms with E-state index in [1.807, 2.05) is 0 Å². The Morgan fingerprint density at radius 2 is 2.50 bits per heavy atom. The molecule has 0 saturated carbocycles. The molecule has 0 atom stereocenters. The van der Waals surface area contributed by atoms with Crippen LogP contribution in [0.3, 0.4) is 0 Å². The summed E-state index contributed by atoms with van der Waals surface area (Å²) in [6.07, 6.45) is 2.68. The lowest BCUT2D eigenvalue weighted by Gasteiger charge is -1.96. The van der Waals surface area contributed by atoms with E-state index in [1.54, 1.807) is 0 Å². The zero-order valence-electron chi connectivity index (χ0n) is 5.67. The van der Waals surface area contributed by atoms with E-state index in [2.05, 4.69) is 11.6 Å². The molecule has 1 aliphatic heterocycles. The van der Waals surface area contributed by atoms with E-state index >= 15 is 0 Å². The minimum atomic E-state index is -0.212. The van der Waals surface area contributed by atoms with E-state index in [0.717, 1.165) is 6.42 Å². The second kappa shape index (κ2) is 3.15. The second-order valence-corrected chi connectivity index (χ2v) is 2.00. The predicted molar refractivity (Wildman–Crippen MR) is 37.8 cm³/mol. The largest absolute Gasteiger partial charge is 0.408 e. The zero-order chi connectivity index (χ0) is 7.40. The summed E-state index contributed by atoms with van der Waals surface area (Å²) in [7, 11) is 0. The molecule has 0 unspecified atom stereocenters. The van der Waals surface area contributed by atoms with Gasteiger partial charge in [-0.25, -0.2) is 0 Å². The molecule has 3 heteroatoms. The van der Waals surface area contributed by atoms with Gasteiger partial charge in [-0.15, -0.1) is 0 Å². The van der Waals surface area contributed by atoms with Gasteiger partial charge in [-0.3, -0.25) is 9.79 Å². The minimum absolute atomic E-state index is 0.212. The number of hydrogen-bond donors (Lipinski definition) is 0. The molecule has 0 bridgehead atoms. The van der Waals surface area contributed by atoms with Crippen molar-refractivity contribution in [3.63, 3.8) is 0 Å². The van der Waals surface area contributed by atoms with Crippen LogP contribution in [0.4, 0.5) is 0 Å². The molecule has 0 aromatic carbocycles. The fourth-order valence-electron chi connectivity index (χ4n) is 0.719. The van der Waals surface area contributed by atoms with Crippen LogP contribution >= 0.6 is 0 Å². The van der Waals surface area contributed by atoms with Gasteiger partial charge in [0.15, 0.2) is 0 Å². The Balaban J connectivity index is 2.62. The first-order chi connectivity index (χ1) is 4.83. The van der Waals surface area contributed by atoms with Crippen molar-refractivity contribution in [2.45, 2.75) is 12.8 Å². The molecule has 3 nitrogen and oxygen atoms in total. The Kier molecular flexibility index (Phi) is 2.20. The third-order valence-electron chi connectivity index (χ3n) is 1.20. The summed E-state index contributed by atoms with van der Waals surface area (Å²) in [6.45, 7) is 4.11. The highest BCUT2D eigenvalue weighted by Crippen LogP contribution is 2.01. The van der Waals surface area contributed by atoms with E-state index in [0.29, 0.717) is 18.9 Å². The maximum absolute atomic E-state index is 10.7. The van der Waals surface area contributed by atoms with Gasteiger partial charge in [0, 0.05) is 13.0 Å². The summed E-state index contributed by atoms with van der Waals surface area (Å²) in [4.78, 5) is 14.6. The van der Waals surface area contributed by atoms with E-state index in [-0.39, 0.29) is 5.97 Å². The first-order valence-electron chi connectivity index (χ1n) is 3.20. The molecule has 0 saturated heterocycles. The molecule has 0 radical (unpaired) electrons. The van der Waals surface area contributed by atoms with Crippen LogP contribution in [0.5, 0.6) is 0 Å². The Bertz CT molecular complexity index is 184. The Labute approximate surface area is 59.4 Å². The van der Waals surface area contributed by atoms with Crippen LogP contribution in [0.25, 0.3) is 0 Å². The molecule has 0 aromatic rings. The summed E-state index contributed by atoms with van der Waals surface area (Å²) in [6, 6.07) is 0. The molecule has 10 heavy (non-hydrogen) atoms. The molecule has 1 aliphatic rings. The van der Waals surface area contributed by atoms with Crippen molar-refractivity contribution in [3.05, 3.63) is 12.7 Å². The number of rotatable bonds is 1. The molecule has 0 amide bonds. The van der Waals surface area contributed by atoms with Gasteiger partial charge in [0.1, 0.15) is 0 Å². The van der Waals surface area contributed by atoms with Gasteiger partial charge in [0.05, 0.1) is 0 Å². The van der Waals surface area contributed by atoms with Crippen molar-refractivity contribution in [2.75, 3.05) is 6.54 Å². The molecule has 0 aliphatic carbocycles. The summed E-state index contributed by atoms with van der Waals surface area (Å²) in [5.74, 6) is 0.138. The summed E-state index contributed by atoms with van der Waals surface area (Å²) < 4.78 is 4.75. The molecular weight excluding hydrogens is 130 g/mol. The lowest BCUT2D eigenvalue weighted by atomic mass is 10.3. The highest BCUT2D eigenvalue weighted by Gasteiger charge is 2.08. The average Bonchev–Trinajstić information content (AvgIpc) is 2.13. The lowest BCUT2D eigenvalue weighted by Crippen LogP contribution is -2.06. The predicted octanol–water partition coefficient (Wildman–Crippen LogP) is 0.908. The summed E-state index contributed by atoms with van der Waals surface area (Å²) in [5.41, 5.74) is 0. The van der Waals surface area contributed by atoms with Gasteiger partial charge in [-0.05, 0) is 12.5 Å². The lowest BCUT2D eigenvalue weighted by molar-refractivity contribution is -0.135. The molecule has 1 rings (SSSR count). The number of hydrogen-bond acceptors (Lipinski definition) is 3. The van der Waals surface area contributed by atoms with Crippen molar-refractivity contribution < 1.29 is 9.53 Å². The number of carbonyl (C=O) groups is 1. The van der Waals surface area contributed by atoms with Crippen molar-refractivity contribution in [3.8, 4) is 0 Å². The van der Waals surface area contributed by atoms with Crippen molar-refractivity contribution in [2.24, 2.45) is 4.99 Å². The maximum Gasteiger partial charge on any atom is 0.312 e. The van der Waals surface area contributed by atoms with Gasteiger partial charge in [-0.2, -0.15) is 0 Å². The number of cyclic esters (lactones) is 1. The SMILES string of the molecule is C=CC1=NCCCC(=O)O1. The van der Waals surface area contributed by atoms with Crippen LogP contribution in [0.2, 0.25) is 0 Å². The van der Waals surface area contributed by atoms with E-state index < -0.39 is 0 Å². The third kappa shape index (κ3) is 1.69. The van der Waals surface area contributed by atoms with Gasteiger partial charge in [0.25, 0.3) is 0 Å². The first kappa shape index (κ1) is 6.99. The Morgan fingerprint density at radius 3 is 3.20 bits per heavy atom. The molecular formula is C7H9NO2. The fourth-order valence-corrected chi connectivity index (χ4v) is 0.719. The van der Waals surface area contributed by atoms with Crippen LogP contribution in [0.15, 0.2) is 17.6 Å². The monoisotopic (exact) mass is 139 g/mol. The standard InChI is InChI=1S/C7H9NO2/c1-2-6-8-5-3-4-7(9)10-6/h2H,1,3-5H2. The number of carbonyl (C=O) groups excluding carboxylic acids is 1. The Morgan fingerprint density at radius 1 is 1.70 bits per heavy atom. The smallest absolute Gasteiger partial charge is 0.312 e. The van der Waals surface area contributed by atoms with Crippen molar-refractivity contribution >= 4 is 11.9 Å². The second-order valence-electron chi connectivity index (χ2n) is 2.00. The van der Waals surface area contributed by atoms with Crippen LogP contribution in [0.1, 0.15) is 12.8 Å². The molecule has 0 fully saturated rings. The van der Waals surface area contributed by atoms with E-state index in [9.17, 15) is 4.79 Å². The van der Waals surface area contributed by atoms with Crippen molar-refractivity contribution in [1.29, 1.82) is 0 Å². The summed E-state index contributed by atoms with van der Waals surface area (Å²) in [5, 5.41) is 0. The number of ether oxygens (including phenoxy) is 1. The molecule has 0 spiro atoms. The zero-order valence-corrected chi connectivity index (χ0v) is 5.67. The topological polar surface area (TPSA) is 38.7 Å². The highest BCUT2D eigenvalue weighted by molar-refractivity contribution is 5.96. The van der Waals surface area contributed by atoms with E-state index in [1.165, 1.54) is 6.08 Å². The number of esters is 1. The average molecular weight is 139 g/mol. The van der Waals surface area contributed by atoms with E-state index in [4.69, 9.17) is 4.74 Å². The number of aliphatic imine (C=N–C) groups is 1. The van der Waals surface area contributed by atoms with Gasteiger partial charge in [-0.1, -0.05) is 6.58 Å². The Hall–Kier alpha value is -1.12. The van der Waals surface area contributed by atoms with Crippen LogP contribution in [-0.4, -0.2) is 18.4 Å². The maximum atomic E-state index is 10.7.